The summed E-state index contributed by atoms with van der Waals surface area (Å²) in [5, 5.41) is 1.87. The predicted molar refractivity (Wildman–Crippen MR) is 59.8 cm³/mol. The molecule has 2 bridgehead atoms. The van der Waals surface area contributed by atoms with Crippen molar-refractivity contribution in [2.45, 2.75) is 6.61 Å². The Kier molecular flexibility index (Phi) is 1.93. The van der Waals surface area contributed by atoms with E-state index < -0.39 is 0 Å². The molecule has 2 aromatic carbocycles. The Morgan fingerprint density at radius 2 is 1.47 bits per heavy atom. The molecule has 2 nitrogen and oxygen atoms in total. The maximum atomic E-state index is 5.71. The van der Waals surface area contributed by atoms with Crippen LogP contribution in [0.5, 0.6) is 0 Å². The minimum atomic E-state index is 0.630. The van der Waals surface area contributed by atoms with Gasteiger partial charge in [-0.2, -0.15) is 0 Å². The number of nitrogens with zero attached hydrogens (tertiary/aromatic N) is 1. The average Bonchev–Trinajstić information content (AvgIpc) is 2.63. The summed E-state index contributed by atoms with van der Waals surface area (Å²) in [5.74, 6) is 0. The van der Waals surface area contributed by atoms with Gasteiger partial charge in [-0.1, -0.05) is 30.3 Å². The third kappa shape index (κ3) is 1.49. The van der Waals surface area contributed by atoms with Crippen LogP contribution in [0.4, 0.5) is 11.4 Å². The lowest BCUT2D eigenvalue weighted by Gasteiger charge is -2.20. The fourth-order valence-corrected chi connectivity index (χ4v) is 1.73. The molecule has 2 aliphatic heterocycles. The van der Waals surface area contributed by atoms with Gasteiger partial charge in [0, 0.05) is 0 Å². The number of hydrogen-bond acceptors (Lipinski definition) is 2. The molecule has 0 saturated heterocycles. The highest BCUT2D eigenvalue weighted by Gasteiger charge is 2.13. The number of fused-ring (bicyclic) bond motifs is 4. The Bertz CT molecular complexity index is 448. The third-order valence-electron chi connectivity index (χ3n) is 2.52. The summed E-state index contributed by atoms with van der Waals surface area (Å²) >= 11 is 0. The molecule has 0 atom stereocenters. The Hall–Kier alpha value is -1.80. The molecule has 74 valence electrons. The number of para-hydroxylation sites is 1. The van der Waals surface area contributed by atoms with Gasteiger partial charge >= 0.3 is 0 Å². The molecule has 0 saturated carbocycles. The van der Waals surface area contributed by atoms with Crippen molar-refractivity contribution >= 4 is 11.4 Å². The second-order valence-corrected chi connectivity index (χ2v) is 3.57. The van der Waals surface area contributed by atoms with Gasteiger partial charge in [0.1, 0.15) is 6.61 Å². The molecule has 2 heteroatoms. The smallest absolute Gasteiger partial charge is 0.100 e. The molecule has 0 N–H and O–H groups in total. The number of rotatable bonds is 1. The van der Waals surface area contributed by atoms with Gasteiger partial charge in [-0.15, -0.1) is 0 Å². The molecule has 2 aliphatic rings. The zero-order chi connectivity index (χ0) is 10.1. The first-order valence-corrected chi connectivity index (χ1v) is 5.00. The fourth-order valence-electron chi connectivity index (χ4n) is 1.73. The lowest BCUT2D eigenvalue weighted by Crippen LogP contribution is -2.14. The monoisotopic (exact) mass is 197 g/mol. The molecular formula is C13H11NO. The number of hydrogen-bond donors (Lipinski definition) is 0. The Labute approximate surface area is 88.7 Å². The van der Waals surface area contributed by atoms with Crippen LogP contribution in [0, 0.1) is 0 Å². The van der Waals surface area contributed by atoms with Gasteiger partial charge in [0.25, 0.3) is 0 Å². The van der Waals surface area contributed by atoms with Crippen LogP contribution < -0.4 is 5.06 Å². The van der Waals surface area contributed by atoms with Crippen molar-refractivity contribution in [3.63, 3.8) is 0 Å². The molecule has 2 aromatic rings. The lowest BCUT2D eigenvalue weighted by molar-refractivity contribution is 0.125. The van der Waals surface area contributed by atoms with Crippen molar-refractivity contribution in [3.05, 3.63) is 60.2 Å². The van der Waals surface area contributed by atoms with E-state index in [1.54, 1.807) is 0 Å². The fraction of sp³-hybridized carbons (Fsp3) is 0.0769. The van der Waals surface area contributed by atoms with Crippen molar-refractivity contribution in [1.29, 1.82) is 0 Å². The highest BCUT2D eigenvalue weighted by Crippen LogP contribution is 2.29. The standard InChI is InChI=1S/C13H11NO/c1-2-4-12(5-3-1)14-13-8-6-11(7-9-13)10-15-14/h1-9H,10H2. The Morgan fingerprint density at radius 3 is 2.20 bits per heavy atom. The van der Waals surface area contributed by atoms with Gasteiger partial charge in [0.05, 0.1) is 11.4 Å². The highest BCUT2D eigenvalue weighted by molar-refractivity contribution is 5.61. The minimum Gasteiger partial charge on any atom is -0.264 e. The molecule has 2 heterocycles. The van der Waals surface area contributed by atoms with E-state index in [0.29, 0.717) is 6.61 Å². The van der Waals surface area contributed by atoms with Crippen LogP contribution in [-0.4, -0.2) is 0 Å². The van der Waals surface area contributed by atoms with Gasteiger partial charge in [0.15, 0.2) is 0 Å². The second kappa shape index (κ2) is 3.41. The van der Waals surface area contributed by atoms with Gasteiger partial charge < -0.3 is 0 Å². The number of anilines is 2. The summed E-state index contributed by atoms with van der Waals surface area (Å²) in [4.78, 5) is 5.71. The molecular weight excluding hydrogens is 186 g/mol. The van der Waals surface area contributed by atoms with E-state index in [0.717, 1.165) is 11.4 Å². The molecule has 15 heavy (non-hydrogen) atoms. The Balaban J connectivity index is 2.03. The van der Waals surface area contributed by atoms with Crippen molar-refractivity contribution in [3.8, 4) is 0 Å². The molecule has 4 rings (SSSR count). The predicted octanol–water partition coefficient (Wildman–Crippen LogP) is 3.27. The van der Waals surface area contributed by atoms with Crippen LogP contribution in [0.3, 0.4) is 0 Å². The van der Waals surface area contributed by atoms with Crippen LogP contribution in [0.15, 0.2) is 54.6 Å². The van der Waals surface area contributed by atoms with Gasteiger partial charge in [0.2, 0.25) is 0 Å². The quantitative estimate of drug-likeness (QED) is 0.695. The largest absolute Gasteiger partial charge is 0.264 e. The Morgan fingerprint density at radius 1 is 0.800 bits per heavy atom. The first-order valence-electron chi connectivity index (χ1n) is 5.00. The summed E-state index contributed by atoms with van der Waals surface area (Å²) in [7, 11) is 0. The van der Waals surface area contributed by atoms with Crippen molar-refractivity contribution in [1.82, 2.24) is 0 Å². The first-order chi connectivity index (χ1) is 7.43. The molecule has 0 unspecified atom stereocenters. The summed E-state index contributed by atoms with van der Waals surface area (Å²) in [6.45, 7) is 0.630. The zero-order valence-electron chi connectivity index (χ0n) is 8.26. The van der Waals surface area contributed by atoms with E-state index in [-0.39, 0.29) is 0 Å². The summed E-state index contributed by atoms with van der Waals surface area (Å²) in [5.41, 5.74) is 3.34. The lowest BCUT2D eigenvalue weighted by atomic mass is 10.2. The van der Waals surface area contributed by atoms with Crippen LogP contribution in [0.2, 0.25) is 0 Å². The van der Waals surface area contributed by atoms with E-state index in [4.69, 9.17) is 4.84 Å². The SMILES string of the molecule is c1ccc(N2OCc3ccc2cc3)cc1. The van der Waals surface area contributed by atoms with Crippen LogP contribution in [0.25, 0.3) is 0 Å². The second-order valence-electron chi connectivity index (χ2n) is 3.57. The van der Waals surface area contributed by atoms with E-state index in [1.165, 1.54) is 5.56 Å². The first kappa shape index (κ1) is 8.50. The normalized spacial score (nSPS) is 14.0. The van der Waals surface area contributed by atoms with E-state index >= 15 is 0 Å². The topological polar surface area (TPSA) is 12.5 Å². The molecule has 0 aliphatic carbocycles. The summed E-state index contributed by atoms with van der Waals surface area (Å²) < 4.78 is 0. The summed E-state index contributed by atoms with van der Waals surface area (Å²) in [6, 6.07) is 18.5. The van der Waals surface area contributed by atoms with E-state index in [9.17, 15) is 0 Å². The van der Waals surface area contributed by atoms with Crippen molar-refractivity contribution < 1.29 is 4.84 Å². The zero-order valence-corrected chi connectivity index (χ0v) is 8.26. The van der Waals surface area contributed by atoms with Crippen molar-refractivity contribution in [2.75, 3.05) is 5.06 Å². The molecule has 0 spiro atoms. The maximum absolute atomic E-state index is 5.71. The van der Waals surface area contributed by atoms with Crippen LogP contribution >= 0.6 is 0 Å². The van der Waals surface area contributed by atoms with Crippen LogP contribution in [0.1, 0.15) is 5.56 Å². The van der Waals surface area contributed by atoms with Gasteiger partial charge in [-0.25, -0.2) is 5.06 Å². The summed E-state index contributed by atoms with van der Waals surface area (Å²) in [6.07, 6.45) is 0. The molecule has 0 amide bonds. The molecule has 0 radical (unpaired) electrons. The van der Waals surface area contributed by atoms with Crippen LogP contribution in [-0.2, 0) is 11.4 Å². The van der Waals surface area contributed by atoms with E-state index in [2.05, 4.69) is 24.3 Å². The minimum absolute atomic E-state index is 0.630. The average molecular weight is 197 g/mol. The van der Waals surface area contributed by atoms with E-state index in [1.807, 2.05) is 35.4 Å². The maximum Gasteiger partial charge on any atom is 0.100 e. The molecule has 0 fully saturated rings. The highest BCUT2D eigenvalue weighted by atomic mass is 16.7. The molecule has 0 aromatic heterocycles. The van der Waals surface area contributed by atoms with Gasteiger partial charge in [-0.3, -0.25) is 4.84 Å². The third-order valence-corrected chi connectivity index (χ3v) is 2.52. The van der Waals surface area contributed by atoms with Gasteiger partial charge in [-0.05, 0) is 29.8 Å². The van der Waals surface area contributed by atoms with Crippen molar-refractivity contribution in [2.24, 2.45) is 0 Å². The number of benzene rings is 2.